The molecule has 23 heavy (non-hydrogen) atoms. The molecule has 0 aliphatic rings. The van der Waals surface area contributed by atoms with Gasteiger partial charge in [0, 0.05) is 12.7 Å². The van der Waals surface area contributed by atoms with Crippen LogP contribution in [0, 0.1) is 12.7 Å². The van der Waals surface area contributed by atoms with Gasteiger partial charge >= 0.3 is 0 Å². The van der Waals surface area contributed by atoms with Crippen molar-refractivity contribution in [3.8, 4) is 5.69 Å². The molecule has 0 aliphatic carbocycles. The Hall–Kier alpha value is -2.95. The van der Waals surface area contributed by atoms with Gasteiger partial charge < -0.3 is 5.32 Å². The van der Waals surface area contributed by atoms with Crippen LogP contribution in [0.4, 0.5) is 4.39 Å². The summed E-state index contributed by atoms with van der Waals surface area (Å²) in [6.07, 6.45) is 1.74. The zero-order valence-corrected chi connectivity index (χ0v) is 12.7. The van der Waals surface area contributed by atoms with Crippen molar-refractivity contribution in [1.29, 1.82) is 0 Å². The number of para-hydroxylation sites is 1. The van der Waals surface area contributed by atoms with Gasteiger partial charge in [0.15, 0.2) is 5.69 Å². The van der Waals surface area contributed by atoms with Crippen molar-refractivity contribution in [2.24, 2.45) is 0 Å². The van der Waals surface area contributed by atoms with Crippen molar-refractivity contribution in [3.63, 3.8) is 0 Å². The summed E-state index contributed by atoms with van der Waals surface area (Å²) >= 11 is 0. The summed E-state index contributed by atoms with van der Waals surface area (Å²) in [4.78, 5) is 12.2. The number of carbonyl (C=O) groups excluding carboxylic acids is 1. The molecule has 0 bridgehead atoms. The van der Waals surface area contributed by atoms with Gasteiger partial charge in [-0.2, -0.15) is 5.10 Å². The standard InChI is InChI=1S/C18H16FN3O/c1-13-11-14(7-8-16(13)19)12-20-18(23)17-9-10-22(21-17)15-5-3-2-4-6-15/h2-11H,12H2,1H3,(H,20,23). The first-order valence-corrected chi connectivity index (χ1v) is 7.28. The fourth-order valence-electron chi connectivity index (χ4n) is 2.26. The van der Waals surface area contributed by atoms with E-state index in [1.165, 1.54) is 6.07 Å². The smallest absolute Gasteiger partial charge is 0.272 e. The van der Waals surface area contributed by atoms with E-state index in [0.29, 0.717) is 17.8 Å². The summed E-state index contributed by atoms with van der Waals surface area (Å²) in [5.74, 6) is -0.511. The molecule has 0 saturated heterocycles. The quantitative estimate of drug-likeness (QED) is 0.804. The molecule has 3 aromatic rings. The number of nitrogens with one attached hydrogen (secondary N) is 1. The van der Waals surface area contributed by atoms with Crippen molar-refractivity contribution in [2.75, 3.05) is 0 Å². The minimum Gasteiger partial charge on any atom is -0.347 e. The average molecular weight is 309 g/mol. The van der Waals surface area contributed by atoms with Crippen molar-refractivity contribution in [3.05, 3.63) is 83.4 Å². The molecule has 3 rings (SSSR count). The van der Waals surface area contributed by atoms with Crippen LogP contribution in [0.2, 0.25) is 0 Å². The number of aryl methyl sites for hydroxylation is 1. The summed E-state index contributed by atoms with van der Waals surface area (Å²) in [5, 5.41) is 7.06. The highest BCUT2D eigenvalue weighted by Gasteiger charge is 2.10. The Bertz CT molecular complexity index is 827. The molecular formula is C18H16FN3O. The molecule has 1 heterocycles. The molecule has 0 fully saturated rings. The number of nitrogens with zero attached hydrogens (tertiary/aromatic N) is 2. The fourth-order valence-corrected chi connectivity index (χ4v) is 2.26. The van der Waals surface area contributed by atoms with Crippen molar-refractivity contribution in [2.45, 2.75) is 13.5 Å². The number of carbonyl (C=O) groups is 1. The predicted molar refractivity (Wildman–Crippen MR) is 85.9 cm³/mol. The van der Waals surface area contributed by atoms with Gasteiger partial charge in [-0.05, 0) is 42.3 Å². The van der Waals surface area contributed by atoms with Crippen molar-refractivity contribution in [1.82, 2.24) is 15.1 Å². The normalized spacial score (nSPS) is 10.5. The van der Waals surface area contributed by atoms with Crippen LogP contribution in [0.1, 0.15) is 21.6 Å². The van der Waals surface area contributed by atoms with E-state index in [1.807, 2.05) is 30.3 Å². The topological polar surface area (TPSA) is 46.9 Å². The molecule has 1 aromatic heterocycles. The van der Waals surface area contributed by atoms with Gasteiger partial charge in [0.05, 0.1) is 5.69 Å². The summed E-state index contributed by atoms with van der Waals surface area (Å²) in [6.45, 7) is 2.03. The lowest BCUT2D eigenvalue weighted by atomic mass is 10.1. The second-order valence-corrected chi connectivity index (χ2v) is 5.25. The Morgan fingerprint density at radius 2 is 1.96 bits per heavy atom. The summed E-state index contributed by atoms with van der Waals surface area (Å²) in [7, 11) is 0. The molecule has 0 unspecified atom stereocenters. The molecule has 0 aliphatic heterocycles. The van der Waals surface area contributed by atoms with Crippen LogP contribution < -0.4 is 5.32 Å². The van der Waals surface area contributed by atoms with Crippen LogP contribution in [0.3, 0.4) is 0 Å². The van der Waals surface area contributed by atoms with E-state index in [1.54, 1.807) is 36.0 Å². The average Bonchev–Trinajstić information content (AvgIpc) is 3.06. The van der Waals surface area contributed by atoms with E-state index in [4.69, 9.17) is 0 Å². The maximum atomic E-state index is 13.2. The first kappa shape index (κ1) is 15.0. The van der Waals surface area contributed by atoms with E-state index in [-0.39, 0.29) is 11.7 Å². The lowest BCUT2D eigenvalue weighted by molar-refractivity contribution is 0.0945. The molecule has 4 nitrogen and oxygen atoms in total. The number of hydrogen-bond donors (Lipinski definition) is 1. The van der Waals surface area contributed by atoms with E-state index in [0.717, 1.165) is 11.3 Å². The second kappa shape index (κ2) is 6.44. The molecule has 0 saturated carbocycles. The number of amides is 1. The predicted octanol–water partition coefficient (Wildman–Crippen LogP) is 3.25. The van der Waals surface area contributed by atoms with Crippen LogP contribution in [-0.2, 0) is 6.54 Å². The van der Waals surface area contributed by atoms with Gasteiger partial charge in [-0.1, -0.05) is 30.3 Å². The lowest BCUT2D eigenvalue weighted by Crippen LogP contribution is -2.23. The second-order valence-electron chi connectivity index (χ2n) is 5.25. The van der Waals surface area contributed by atoms with Crippen molar-refractivity contribution >= 4 is 5.91 Å². The molecule has 5 heteroatoms. The highest BCUT2D eigenvalue weighted by Crippen LogP contribution is 2.10. The zero-order valence-electron chi connectivity index (χ0n) is 12.7. The van der Waals surface area contributed by atoms with Gasteiger partial charge in [0.25, 0.3) is 5.91 Å². The molecule has 0 radical (unpaired) electrons. The molecule has 2 aromatic carbocycles. The Morgan fingerprint density at radius 3 is 2.70 bits per heavy atom. The highest BCUT2D eigenvalue weighted by molar-refractivity contribution is 5.92. The van der Waals surface area contributed by atoms with Gasteiger partial charge in [0.1, 0.15) is 5.82 Å². The summed E-state index contributed by atoms with van der Waals surface area (Å²) < 4.78 is 14.9. The van der Waals surface area contributed by atoms with Crippen LogP contribution in [0.15, 0.2) is 60.8 Å². The van der Waals surface area contributed by atoms with Crippen LogP contribution in [0.25, 0.3) is 5.69 Å². The number of aromatic nitrogens is 2. The van der Waals surface area contributed by atoms with E-state index in [9.17, 15) is 9.18 Å². The number of rotatable bonds is 4. The number of hydrogen-bond acceptors (Lipinski definition) is 2. The minimum absolute atomic E-state index is 0.248. The van der Waals surface area contributed by atoms with Crippen molar-refractivity contribution < 1.29 is 9.18 Å². The number of halogens is 1. The SMILES string of the molecule is Cc1cc(CNC(=O)c2ccn(-c3ccccc3)n2)ccc1F. The fraction of sp³-hybridized carbons (Fsp3) is 0.111. The third kappa shape index (κ3) is 3.45. The zero-order chi connectivity index (χ0) is 16.2. The highest BCUT2D eigenvalue weighted by atomic mass is 19.1. The first-order valence-electron chi connectivity index (χ1n) is 7.28. The Labute approximate surface area is 133 Å². The minimum atomic E-state index is -0.262. The Morgan fingerprint density at radius 1 is 1.17 bits per heavy atom. The Kier molecular flexibility index (Phi) is 4.19. The van der Waals surface area contributed by atoms with Gasteiger partial charge in [-0.15, -0.1) is 0 Å². The molecule has 116 valence electrons. The Balaban J connectivity index is 1.67. The summed E-state index contributed by atoms with van der Waals surface area (Å²) in [6, 6.07) is 16.0. The number of benzene rings is 2. The van der Waals surface area contributed by atoms with Crippen LogP contribution >= 0.6 is 0 Å². The third-order valence-electron chi connectivity index (χ3n) is 3.52. The van der Waals surface area contributed by atoms with E-state index < -0.39 is 0 Å². The molecule has 0 atom stereocenters. The third-order valence-corrected chi connectivity index (χ3v) is 3.52. The summed E-state index contributed by atoms with van der Waals surface area (Å²) in [5.41, 5.74) is 2.64. The largest absolute Gasteiger partial charge is 0.347 e. The van der Waals surface area contributed by atoms with Gasteiger partial charge in [-0.25, -0.2) is 9.07 Å². The van der Waals surface area contributed by atoms with Gasteiger partial charge in [0.2, 0.25) is 0 Å². The van der Waals surface area contributed by atoms with Gasteiger partial charge in [-0.3, -0.25) is 4.79 Å². The molecule has 1 N–H and O–H groups in total. The molecule has 0 spiro atoms. The maximum absolute atomic E-state index is 13.2. The van der Waals surface area contributed by atoms with E-state index in [2.05, 4.69) is 10.4 Å². The molecule has 1 amide bonds. The lowest BCUT2D eigenvalue weighted by Gasteiger charge is -2.05. The van der Waals surface area contributed by atoms with Crippen LogP contribution in [-0.4, -0.2) is 15.7 Å². The van der Waals surface area contributed by atoms with Crippen LogP contribution in [0.5, 0.6) is 0 Å². The van der Waals surface area contributed by atoms with E-state index >= 15 is 0 Å². The molecular weight excluding hydrogens is 293 g/mol. The first-order chi connectivity index (χ1) is 11.1. The monoisotopic (exact) mass is 309 g/mol. The maximum Gasteiger partial charge on any atom is 0.272 e.